The predicted molar refractivity (Wildman–Crippen MR) is 46.4 cm³/mol. The van der Waals surface area contributed by atoms with Gasteiger partial charge in [-0.05, 0) is 31.8 Å². The third-order valence-electron chi connectivity index (χ3n) is 2.69. The van der Waals surface area contributed by atoms with Crippen molar-refractivity contribution in [1.82, 2.24) is 4.90 Å². The number of rotatable bonds is 1. The van der Waals surface area contributed by atoms with Gasteiger partial charge in [0.25, 0.3) is 0 Å². The van der Waals surface area contributed by atoms with Gasteiger partial charge in [-0.15, -0.1) is 0 Å². The first-order valence-electron chi connectivity index (χ1n) is 4.48. The van der Waals surface area contributed by atoms with Crippen molar-refractivity contribution in [1.29, 1.82) is 0 Å². The van der Waals surface area contributed by atoms with Crippen LogP contribution in [0.25, 0.3) is 0 Å². The SMILES string of the molecule is CC(C)[C@@H]1CCN(C)C[C@@H]1O. The number of hydrogen-bond acceptors (Lipinski definition) is 2. The van der Waals surface area contributed by atoms with Crippen molar-refractivity contribution in [3.63, 3.8) is 0 Å². The Morgan fingerprint density at radius 3 is 2.55 bits per heavy atom. The van der Waals surface area contributed by atoms with E-state index in [0.717, 1.165) is 19.5 Å². The van der Waals surface area contributed by atoms with E-state index in [9.17, 15) is 5.11 Å². The smallest absolute Gasteiger partial charge is 0.0698 e. The molecule has 0 radical (unpaired) electrons. The Balaban J connectivity index is 2.44. The van der Waals surface area contributed by atoms with Crippen LogP contribution in [0.5, 0.6) is 0 Å². The molecule has 1 saturated heterocycles. The lowest BCUT2D eigenvalue weighted by Crippen LogP contribution is -2.43. The Hall–Kier alpha value is -0.0800. The van der Waals surface area contributed by atoms with Crippen LogP contribution in [-0.2, 0) is 0 Å². The van der Waals surface area contributed by atoms with E-state index in [2.05, 4.69) is 25.8 Å². The Labute approximate surface area is 69.2 Å². The summed E-state index contributed by atoms with van der Waals surface area (Å²) < 4.78 is 0. The summed E-state index contributed by atoms with van der Waals surface area (Å²) in [5.41, 5.74) is 0. The molecule has 1 heterocycles. The topological polar surface area (TPSA) is 23.5 Å². The molecule has 0 aromatic rings. The van der Waals surface area contributed by atoms with Gasteiger partial charge in [-0.3, -0.25) is 0 Å². The van der Waals surface area contributed by atoms with Gasteiger partial charge in [-0.25, -0.2) is 0 Å². The van der Waals surface area contributed by atoms with Gasteiger partial charge in [-0.1, -0.05) is 13.8 Å². The van der Waals surface area contributed by atoms with E-state index in [1.165, 1.54) is 0 Å². The van der Waals surface area contributed by atoms with E-state index >= 15 is 0 Å². The van der Waals surface area contributed by atoms with Crippen LogP contribution in [0.3, 0.4) is 0 Å². The second kappa shape index (κ2) is 3.55. The van der Waals surface area contributed by atoms with Crippen molar-refractivity contribution < 1.29 is 5.11 Å². The third kappa shape index (κ3) is 2.17. The molecule has 1 fully saturated rings. The highest BCUT2D eigenvalue weighted by atomic mass is 16.3. The van der Waals surface area contributed by atoms with Crippen molar-refractivity contribution in [3.8, 4) is 0 Å². The molecule has 0 aromatic heterocycles. The average Bonchev–Trinajstić information content (AvgIpc) is 1.85. The zero-order chi connectivity index (χ0) is 8.43. The molecule has 0 aromatic carbocycles. The molecule has 1 rings (SSSR count). The predicted octanol–water partition coefficient (Wildman–Crippen LogP) is 0.955. The standard InChI is InChI=1S/C9H19NO/c1-7(2)8-4-5-10(3)6-9(8)11/h7-9,11H,4-6H2,1-3H3/t8-,9-/m0/s1. The highest BCUT2D eigenvalue weighted by Crippen LogP contribution is 2.23. The molecule has 1 N–H and O–H groups in total. The van der Waals surface area contributed by atoms with Crippen LogP contribution < -0.4 is 0 Å². The fourth-order valence-electron chi connectivity index (χ4n) is 1.89. The lowest BCUT2D eigenvalue weighted by Gasteiger charge is -2.35. The maximum atomic E-state index is 9.67. The third-order valence-corrected chi connectivity index (χ3v) is 2.69. The maximum Gasteiger partial charge on any atom is 0.0698 e. The summed E-state index contributed by atoms with van der Waals surface area (Å²) in [7, 11) is 2.07. The van der Waals surface area contributed by atoms with Crippen LogP contribution in [0.1, 0.15) is 20.3 Å². The molecule has 2 heteroatoms. The first-order chi connectivity index (χ1) is 5.11. The number of hydrogen-bond donors (Lipinski definition) is 1. The molecule has 0 saturated carbocycles. The first kappa shape index (κ1) is 9.01. The minimum Gasteiger partial charge on any atom is -0.391 e. The van der Waals surface area contributed by atoms with Gasteiger partial charge < -0.3 is 10.0 Å². The van der Waals surface area contributed by atoms with Gasteiger partial charge in [-0.2, -0.15) is 0 Å². The highest BCUT2D eigenvalue weighted by Gasteiger charge is 2.27. The summed E-state index contributed by atoms with van der Waals surface area (Å²) in [4.78, 5) is 2.20. The quantitative estimate of drug-likeness (QED) is 0.612. The lowest BCUT2D eigenvalue weighted by atomic mass is 9.85. The summed E-state index contributed by atoms with van der Waals surface area (Å²) in [5, 5.41) is 9.67. The molecule has 1 aliphatic heterocycles. The van der Waals surface area contributed by atoms with Crippen LogP contribution in [0.2, 0.25) is 0 Å². The summed E-state index contributed by atoms with van der Waals surface area (Å²) in [6, 6.07) is 0. The Morgan fingerprint density at radius 1 is 1.45 bits per heavy atom. The van der Waals surface area contributed by atoms with Crippen LogP contribution in [0.4, 0.5) is 0 Å². The minimum absolute atomic E-state index is 0.103. The highest BCUT2D eigenvalue weighted by molar-refractivity contribution is 4.79. The maximum absolute atomic E-state index is 9.67. The van der Waals surface area contributed by atoms with E-state index in [4.69, 9.17) is 0 Å². The molecular formula is C9H19NO. The first-order valence-corrected chi connectivity index (χ1v) is 4.48. The Kier molecular flexibility index (Phi) is 2.90. The molecular weight excluding hydrogens is 138 g/mol. The number of aliphatic hydroxyl groups excluding tert-OH is 1. The van der Waals surface area contributed by atoms with Crippen molar-refractivity contribution >= 4 is 0 Å². The number of likely N-dealkylation sites (N-methyl/N-ethyl adjacent to an activating group) is 1. The molecule has 11 heavy (non-hydrogen) atoms. The molecule has 0 aliphatic carbocycles. The van der Waals surface area contributed by atoms with Gasteiger partial charge in [0.15, 0.2) is 0 Å². The summed E-state index contributed by atoms with van der Waals surface area (Å²) >= 11 is 0. The van der Waals surface area contributed by atoms with Crippen molar-refractivity contribution in [2.75, 3.05) is 20.1 Å². The zero-order valence-electron chi connectivity index (χ0n) is 7.75. The summed E-state index contributed by atoms with van der Waals surface area (Å²) in [5.74, 6) is 1.14. The summed E-state index contributed by atoms with van der Waals surface area (Å²) in [6.45, 7) is 6.38. The second-order valence-electron chi connectivity index (χ2n) is 4.03. The second-order valence-corrected chi connectivity index (χ2v) is 4.03. The molecule has 0 spiro atoms. The minimum atomic E-state index is -0.103. The lowest BCUT2D eigenvalue weighted by molar-refractivity contribution is 0.0124. The molecule has 2 nitrogen and oxygen atoms in total. The van der Waals surface area contributed by atoms with Crippen LogP contribution in [0.15, 0.2) is 0 Å². The van der Waals surface area contributed by atoms with Gasteiger partial charge in [0.2, 0.25) is 0 Å². The van der Waals surface area contributed by atoms with Crippen molar-refractivity contribution in [3.05, 3.63) is 0 Å². The van der Waals surface area contributed by atoms with Crippen molar-refractivity contribution in [2.45, 2.75) is 26.4 Å². The molecule has 0 amide bonds. The van der Waals surface area contributed by atoms with Gasteiger partial charge in [0, 0.05) is 6.54 Å². The normalized spacial score (nSPS) is 34.6. The molecule has 0 bridgehead atoms. The van der Waals surface area contributed by atoms with E-state index in [1.54, 1.807) is 0 Å². The van der Waals surface area contributed by atoms with Crippen molar-refractivity contribution in [2.24, 2.45) is 11.8 Å². The van der Waals surface area contributed by atoms with E-state index in [0.29, 0.717) is 11.8 Å². The van der Waals surface area contributed by atoms with Gasteiger partial charge in [0.05, 0.1) is 6.10 Å². The molecule has 0 unspecified atom stereocenters. The average molecular weight is 157 g/mol. The Bertz CT molecular complexity index is 125. The fourth-order valence-corrected chi connectivity index (χ4v) is 1.89. The largest absolute Gasteiger partial charge is 0.391 e. The Morgan fingerprint density at radius 2 is 2.09 bits per heavy atom. The number of β-amino-alcohol motifs (C(OH)–C–C–N with tert-alkyl or cyclic N) is 1. The van der Waals surface area contributed by atoms with Gasteiger partial charge in [0.1, 0.15) is 0 Å². The van der Waals surface area contributed by atoms with E-state index < -0.39 is 0 Å². The van der Waals surface area contributed by atoms with Crippen LogP contribution >= 0.6 is 0 Å². The van der Waals surface area contributed by atoms with E-state index in [-0.39, 0.29) is 6.10 Å². The molecule has 2 atom stereocenters. The number of aliphatic hydroxyl groups is 1. The zero-order valence-corrected chi connectivity index (χ0v) is 7.75. The van der Waals surface area contributed by atoms with Crippen LogP contribution in [-0.4, -0.2) is 36.2 Å². The van der Waals surface area contributed by atoms with E-state index in [1.807, 2.05) is 0 Å². The number of likely N-dealkylation sites (tertiary alicyclic amines) is 1. The molecule has 66 valence electrons. The number of piperidine rings is 1. The number of nitrogens with zero attached hydrogens (tertiary/aromatic N) is 1. The van der Waals surface area contributed by atoms with Gasteiger partial charge >= 0.3 is 0 Å². The fraction of sp³-hybridized carbons (Fsp3) is 1.00. The monoisotopic (exact) mass is 157 g/mol. The summed E-state index contributed by atoms with van der Waals surface area (Å²) in [6.07, 6.45) is 1.05. The van der Waals surface area contributed by atoms with Crippen LogP contribution in [0, 0.1) is 11.8 Å². The molecule has 1 aliphatic rings.